The number of nitrogens with zero attached hydrogens (tertiary/aromatic N) is 2. The average Bonchev–Trinajstić information content (AvgIpc) is 2.49. The zero-order chi connectivity index (χ0) is 15.2. The normalized spacial score (nSPS) is 10.7. The lowest BCUT2D eigenvalue weighted by atomic mass is 10.1. The summed E-state index contributed by atoms with van der Waals surface area (Å²) in [5, 5.41) is 3.38. The van der Waals surface area contributed by atoms with Crippen LogP contribution in [0.4, 0.5) is 5.82 Å². The third-order valence-corrected chi connectivity index (χ3v) is 4.29. The van der Waals surface area contributed by atoms with Crippen LogP contribution in [0.3, 0.4) is 0 Å². The standard InChI is InChI=1S/C17H22BrN3/c1-4-10-19-17-16(18)14(5-2)20-15(21-17)11-13-9-7-6-8-12(13)3/h6-9H,4-5,10-11H2,1-3H3,(H,19,20,21). The van der Waals surface area contributed by atoms with Gasteiger partial charge in [-0.05, 0) is 46.8 Å². The van der Waals surface area contributed by atoms with Crippen molar-refractivity contribution >= 4 is 21.7 Å². The third kappa shape index (κ3) is 4.03. The molecule has 0 atom stereocenters. The Morgan fingerprint density at radius 2 is 1.90 bits per heavy atom. The van der Waals surface area contributed by atoms with Crippen LogP contribution in [-0.4, -0.2) is 16.5 Å². The van der Waals surface area contributed by atoms with Gasteiger partial charge in [0.2, 0.25) is 0 Å². The molecule has 0 radical (unpaired) electrons. The Labute approximate surface area is 135 Å². The number of aryl methyl sites for hydroxylation is 2. The number of hydrogen-bond acceptors (Lipinski definition) is 3. The maximum Gasteiger partial charge on any atom is 0.144 e. The second-order valence-corrected chi connectivity index (χ2v) is 5.93. The molecule has 0 aliphatic heterocycles. The number of rotatable bonds is 6. The molecular weight excluding hydrogens is 326 g/mol. The number of benzene rings is 1. The smallest absolute Gasteiger partial charge is 0.144 e. The van der Waals surface area contributed by atoms with E-state index in [1.54, 1.807) is 0 Å². The fraction of sp³-hybridized carbons (Fsp3) is 0.412. The first-order chi connectivity index (χ1) is 10.2. The molecule has 0 amide bonds. The van der Waals surface area contributed by atoms with Crippen LogP contribution in [0.1, 0.15) is 42.9 Å². The summed E-state index contributed by atoms with van der Waals surface area (Å²) in [7, 11) is 0. The Morgan fingerprint density at radius 3 is 2.57 bits per heavy atom. The van der Waals surface area contributed by atoms with E-state index in [-0.39, 0.29) is 0 Å². The van der Waals surface area contributed by atoms with Crippen molar-refractivity contribution in [3.8, 4) is 0 Å². The van der Waals surface area contributed by atoms with Crippen molar-refractivity contribution in [2.75, 3.05) is 11.9 Å². The Balaban J connectivity index is 2.33. The van der Waals surface area contributed by atoms with Gasteiger partial charge in [-0.1, -0.05) is 38.1 Å². The van der Waals surface area contributed by atoms with Crippen LogP contribution in [0.15, 0.2) is 28.7 Å². The minimum atomic E-state index is 0.772. The van der Waals surface area contributed by atoms with Gasteiger partial charge < -0.3 is 5.32 Å². The molecule has 0 bridgehead atoms. The summed E-state index contributed by atoms with van der Waals surface area (Å²) in [6.45, 7) is 7.32. The number of aromatic nitrogens is 2. The highest BCUT2D eigenvalue weighted by Crippen LogP contribution is 2.25. The Morgan fingerprint density at radius 1 is 1.14 bits per heavy atom. The van der Waals surface area contributed by atoms with Gasteiger partial charge in [-0.3, -0.25) is 0 Å². The molecule has 21 heavy (non-hydrogen) atoms. The fourth-order valence-corrected chi connectivity index (χ4v) is 2.80. The molecule has 0 saturated heterocycles. The van der Waals surface area contributed by atoms with Crippen molar-refractivity contribution in [2.45, 2.75) is 40.0 Å². The van der Waals surface area contributed by atoms with E-state index in [4.69, 9.17) is 4.98 Å². The highest BCUT2D eigenvalue weighted by atomic mass is 79.9. The minimum absolute atomic E-state index is 0.772. The van der Waals surface area contributed by atoms with Crippen LogP contribution in [0.25, 0.3) is 0 Å². The van der Waals surface area contributed by atoms with Crippen LogP contribution in [0.5, 0.6) is 0 Å². The Kier molecular flexibility index (Phi) is 5.74. The molecule has 0 aliphatic rings. The number of halogens is 1. The summed E-state index contributed by atoms with van der Waals surface area (Å²) in [5.74, 6) is 1.79. The summed E-state index contributed by atoms with van der Waals surface area (Å²) in [5.41, 5.74) is 3.63. The molecule has 2 aromatic rings. The molecular formula is C17H22BrN3. The van der Waals surface area contributed by atoms with Crippen LogP contribution >= 0.6 is 15.9 Å². The van der Waals surface area contributed by atoms with Crippen LogP contribution < -0.4 is 5.32 Å². The first-order valence-corrected chi connectivity index (χ1v) is 8.28. The van der Waals surface area contributed by atoms with E-state index < -0.39 is 0 Å². The van der Waals surface area contributed by atoms with Gasteiger partial charge in [-0.25, -0.2) is 9.97 Å². The van der Waals surface area contributed by atoms with Crippen molar-refractivity contribution in [1.29, 1.82) is 0 Å². The zero-order valence-corrected chi connectivity index (χ0v) is 14.5. The quantitative estimate of drug-likeness (QED) is 0.834. The van der Waals surface area contributed by atoms with Crippen molar-refractivity contribution < 1.29 is 0 Å². The van der Waals surface area contributed by atoms with Crippen molar-refractivity contribution in [2.24, 2.45) is 0 Å². The SMILES string of the molecule is CCCNc1nc(Cc2ccccc2C)nc(CC)c1Br. The summed E-state index contributed by atoms with van der Waals surface area (Å²) in [6.07, 6.45) is 2.74. The summed E-state index contributed by atoms with van der Waals surface area (Å²) in [6, 6.07) is 8.40. The van der Waals surface area contributed by atoms with Crippen LogP contribution in [-0.2, 0) is 12.8 Å². The van der Waals surface area contributed by atoms with E-state index in [1.807, 2.05) is 0 Å². The van der Waals surface area contributed by atoms with Gasteiger partial charge in [0, 0.05) is 13.0 Å². The van der Waals surface area contributed by atoms with Crippen LogP contribution in [0, 0.1) is 6.92 Å². The molecule has 0 unspecified atom stereocenters. The predicted octanol–water partition coefficient (Wildman–Crippen LogP) is 4.52. The number of anilines is 1. The first-order valence-electron chi connectivity index (χ1n) is 7.49. The lowest BCUT2D eigenvalue weighted by Gasteiger charge is -2.12. The highest BCUT2D eigenvalue weighted by molar-refractivity contribution is 9.10. The maximum absolute atomic E-state index is 4.70. The van der Waals surface area contributed by atoms with E-state index in [9.17, 15) is 0 Å². The Hall–Kier alpha value is -1.42. The van der Waals surface area contributed by atoms with E-state index in [2.05, 4.69) is 71.3 Å². The molecule has 1 N–H and O–H groups in total. The van der Waals surface area contributed by atoms with Gasteiger partial charge in [0.25, 0.3) is 0 Å². The van der Waals surface area contributed by atoms with E-state index in [0.717, 1.165) is 47.6 Å². The molecule has 0 fully saturated rings. The average molecular weight is 348 g/mol. The van der Waals surface area contributed by atoms with Crippen molar-refractivity contribution in [3.05, 3.63) is 51.4 Å². The lowest BCUT2D eigenvalue weighted by molar-refractivity contribution is 0.881. The molecule has 2 rings (SSSR count). The predicted molar refractivity (Wildman–Crippen MR) is 91.9 cm³/mol. The van der Waals surface area contributed by atoms with Gasteiger partial charge in [-0.2, -0.15) is 0 Å². The summed E-state index contributed by atoms with van der Waals surface area (Å²) >= 11 is 3.62. The Bertz CT molecular complexity index is 611. The third-order valence-electron chi connectivity index (χ3n) is 3.45. The molecule has 0 aliphatic carbocycles. The topological polar surface area (TPSA) is 37.8 Å². The second-order valence-electron chi connectivity index (χ2n) is 5.13. The first kappa shape index (κ1) is 16.0. The molecule has 1 aromatic carbocycles. The molecule has 0 saturated carbocycles. The van der Waals surface area contributed by atoms with E-state index in [0.29, 0.717) is 0 Å². The minimum Gasteiger partial charge on any atom is -0.369 e. The molecule has 1 aromatic heterocycles. The van der Waals surface area contributed by atoms with Crippen molar-refractivity contribution in [3.63, 3.8) is 0 Å². The van der Waals surface area contributed by atoms with Crippen molar-refractivity contribution in [1.82, 2.24) is 9.97 Å². The van der Waals surface area contributed by atoms with Gasteiger partial charge >= 0.3 is 0 Å². The molecule has 112 valence electrons. The molecule has 0 spiro atoms. The number of hydrogen-bond donors (Lipinski definition) is 1. The van der Waals surface area contributed by atoms with Gasteiger partial charge in [0.1, 0.15) is 11.6 Å². The molecule has 1 heterocycles. The number of nitrogens with one attached hydrogen (secondary N) is 1. The van der Waals surface area contributed by atoms with E-state index >= 15 is 0 Å². The molecule has 4 heteroatoms. The van der Waals surface area contributed by atoms with Gasteiger partial charge in [0.05, 0.1) is 10.2 Å². The highest BCUT2D eigenvalue weighted by Gasteiger charge is 2.11. The van der Waals surface area contributed by atoms with E-state index in [1.165, 1.54) is 11.1 Å². The van der Waals surface area contributed by atoms with Crippen LogP contribution in [0.2, 0.25) is 0 Å². The second kappa shape index (κ2) is 7.55. The molecule has 3 nitrogen and oxygen atoms in total. The maximum atomic E-state index is 4.70. The van der Waals surface area contributed by atoms with Gasteiger partial charge in [-0.15, -0.1) is 0 Å². The largest absolute Gasteiger partial charge is 0.369 e. The van der Waals surface area contributed by atoms with Gasteiger partial charge in [0.15, 0.2) is 0 Å². The summed E-state index contributed by atoms with van der Waals surface area (Å²) < 4.78 is 0.993. The lowest BCUT2D eigenvalue weighted by Crippen LogP contribution is -2.09. The fourth-order valence-electron chi connectivity index (χ4n) is 2.20. The monoisotopic (exact) mass is 347 g/mol. The summed E-state index contributed by atoms with van der Waals surface area (Å²) in [4.78, 5) is 9.38. The zero-order valence-electron chi connectivity index (χ0n) is 12.9.